The fourth-order valence-electron chi connectivity index (χ4n) is 3.59. The number of benzene rings is 1. The van der Waals surface area contributed by atoms with Gasteiger partial charge in [-0.3, -0.25) is 9.48 Å². The van der Waals surface area contributed by atoms with Crippen LogP contribution in [0.15, 0.2) is 47.6 Å². The summed E-state index contributed by atoms with van der Waals surface area (Å²) >= 11 is 0. The number of piperazine rings is 1. The lowest BCUT2D eigenvalue weighted by Crippen LogP contribution is -2.51. The number of nitrogens with zero attached hydrogens (tertiary/aromatic N) is 4. The minimum absolute atomic E-state index is 0.0106. The number of amides is 1. The predicted molar refractivity (Wildman–Crippen MR) is 95.8 cm³/mol. The molecular weight excluding hydrogens is 352 g/mol. The van der Waals surface area contributed by atoms with Crippen LogP contribution in [0.4, 0.5) is 0 Å². The molecule has 1 aliphatic carbocycles. The summed E-state index contributed by atoms with van der Waals surface area (Å²) in [6.45, 7) is 1.57. The van der Waals surface area contributed by atoms with Gasteiger partial charge in [-0.2, -0.15) is 9.40 Å². The molecule has 138 valence electrons. The van der Waals surface area contributed by atoms with E-state index >= 15 is 0 Å². The molecule has 2 heterocycles. The molecule has 4 rings (SSSR count). The molecule has 26 heavy (non-hydrogen) atoms. The van der Waals surface area contributed by atoms with Gasteiger partial charge in [-0.15, -0.1) is 0 Å². The molecule has 1 saturated heterocycles. The van der Waals surface area contributed by atoms with Crippen LogP contribution in [-0.4, -0.2) is 59.5 Å². The molecule has 1 aromatic heterocycles. The molecular formula is C18H22N4O3S. The highest BCUT2D eigenvalue weighted by atomic mass is 32.2. The SMILES string of the molecule is Cn1cc([C@@H]2C[C@H]2C(=O)N2CCN(S(=O)(=O)c3ccccc3)CC2)cn1. The Balaban J connectivity index is 1.36. The van der Waals surface area contributed by atoms with Gasteiger partial charge in [0, 0.05) is 45.3 Å². The van der Waals surface area contributed by atoms with Crippen LogP contribution in [0.5, 0.6) is 0 Å². The van der Waals surface area contributed by atoms with E-state index in [2.05, 4.69) is 5.10 Å². The summed E-state index contributed by atoms with van der Waals surface area (Å²) < 4.78 is 28.5. The van der Waals surface area contributed by atoms with Crippen LogP contribution in [0.3, 0.4) is 0 Å². The number of rotatable bonds is 4. The van der Waals surface area contributed by atoms with Crippen LogP contribution in [0.25, 0.3) is 0 Å². The van der Waals surface area contributed by atoms with Crippen molar-refractivity contribution in [1.82, 2.24) is 19.0 Å². The van der Waals surface area contributed by atoms with Gasteiger partial charge in [-0.25, -0.2) is 8.42 Å². The Labute approximate surface area is 153 Å². The summed E-state index contributed by atoms with van der Waals surface area (Å²) in [5.41, 5.74) is 1.11. The number of carbonyl (C=O) groups is 1. The predicted octanol–water partition coefficient (Wildman–Crippen LogP) is 1.06. The van der Waals surface area contributed by atoms with E-state index in [1.54, 1.807) is 39.9 Å². The lowest BCUT2D eigenvalue weighted by atomic mass is 10.2. The van der Waals surface area contributed by atoms with Crippen LogP contribution < -0.4 is 0 Å². The smallest absolute Gasteiger partial charge is 0.243 e. The number of aromatic nitrogens is 2. The molecule has 8 heteroatoms. The molecule has 1 aliphatic heterocycles. The molecule has 1 aromatic carbocycles. The zero-order chi connectivity index (χ0) is 18.3. The first-order valence-electron chi connectivity index (χ1n) is 8.79. The van der Waals surface area contributed by atoms with Gasteiger partial charge < -0.3 is 4.90 Å². The van der Waals surface area contributed by atoms with Crippen molar-refractivity contribution in [3.63, 3.8) is 0 Å². The van der Waals surface area contributed by atoms with Crippen molar-refractivity contribution >= 4 is 15.9 Å². The highest BCUT2D eigenvalue weighted by Gasteiger charge is 2.47. The lowest BCUT2D eigenvalue weighted by molar-refractivity contribution is -0.133. The number of aryl methyl sites for hydroxylation is 1. The van der Waals surface area contributed by atoms with Crippen LogP contribution in [0, 0.1) is 5.92 Å². The van der Waals surface area contributed by atoms with E-state index in [9.17, 15) is 13.2 Å². The maximum Gasteiger partial charge on any atom is 0.243 e. The molecule has 2 atom stereocenters. The summed E-state index contributed by atoms with van der Waals surface area (Å²) in [6, 6.07) is 8.45. The van der Waals surface area contributed by atoms with Crippen molar-refractivity contribution < 1.29 is 13.2 Å². The van der Waals surface area contributed by atoms with Crippen molar-refractivity contribution in [2.45, 2.75) is 17.2 Å². The summed E-state index contributed by atoms with van der Waals surface area (Å²) in [6.07, 6.45) is 4.64. The average Bonchev–Trinajstić information content (AvgIpc) is 3.35. The third-order valence-corrected chi connectivity index (χ3v) is 7.10. The maximum absolute atomic E-state index is 12.7. The Hall–Kier alpha value is -2.19. The summed E-state index contributed by atoms with van der Waals surface area (Å²) in [5.74, 6) is 0.398. The third-order valence-electron chi connectivity index (χ3n) is 5.19. The minimum atomic E-state index is -3.48. The highest BCUT2D eigenvalue weighted by molar-refractivity contribution is 7.89. The molecule has 7 nitrogen and oxygen atoms in total. The average molecular weight is 374 g/mol. The molecule has 0 spiro atoms. The Morgan fingerprint density at radius 2 is 1.81 bits per heavy atom. The van der Waals surface area contributed by atoms with Gasteiger partial charge in [-0.1, -0.05) is 18.2 Å². The minimum Gasteiger partial charge on any atom is -0.340 e. The number of hydrogen-bond acceptors (Lipinski definition) is 4. The third kappa shape index (κ3) is 3.14. The van der Waals surface area contributed by atoms with Gasteiger partial charge in [0.2, 0.25) is 15.9 Å². The molecule has 0 bridgehead atoms. The van der Waals surface area contributed by atoms with E-state index in [4.69, 9.17) is 0 Å². The molecule has 2 aliphatic rings. The second kappa shape index (κ2) is 6.51. The van der Waals surface area contributed by atoms with Gasteiger partial charge in [0.25, 0.3) is 0 Å². The Kier molecular flexibility index (Phi) is 4.32. The van der Waals surface area contributed by atoms with Gasteiger partial charge in [-0.05, 0) is 30.0 Å². The monoisotopic (exact) mass is 374 g/mol. The van der Waals surface area contributed by atoms with Crippen LogP contribution >= 0.6 is 0 Å². The van der Waals surface area contributed by atoms with Crippen LogP contribution in [0.1, 0.15) is 17.9 Å². The van der Waals surface area contributed by atoms with E-state index in [0.717, 1.165) is 12.0 Å². The quantitative estimate of drug-likeness (QED) is 0.802. The molecule has 2 fully saturated rings. The largest absolute Gasteiger partial charge is 0.340 e. The zero-order valence-corrected chi connectivity index (χ0v) is 15.5. The van der Waals surface area contributed by atoms with Gasteiger partial charge in [0.05, 0.1) is 11.1 Å². The maximum atomic E-state index is 12.7. The first kappa shape index (κ1) is 17.2. The standard InChI is InChI=1S/C18H22N4O3S/c1-20-13-14(12-19-20)16-11-17(16)18(23)21-7-9-22(10-8-21)26(24,25)15-5-3-2-4-6-15/h2-6,12-13,16-17H,7-11H2,1H3/t16-,17+/m0/s1. The number of carbonyl (C=O) groups excluding carboxylic acids is 1. The Bertz CT molecular complexity index is 902. The summed E-state index contributed by atoms with van der Waals surface area (Å²) in [4.78, 5) is 14.8. The first-order chi connectivity index (χ1) is 12.5. The van der Waals surface area contributed by atoms with E-state index in [1.807, 2.05) is 19.4 Å². The second-order valence-electron chi connectivity index (χ2n) is 6.94. The van der Waals surface area contributed by atoms with Crippen molar-refractivity contribution in [1.29, 1.82) is 0 Å². The molecule has 0 N–H and O–H groups in total. The molecule has 1 amide bonds. The second-order valence-corrected chi connectivity index (χ2v) is 8.88. The van der Waals surface area contributed by atoms with Gasteiger partial charge in [0.15, 0.2) is 0 Å². The topological polar surface area (TPSA) is 75.5 Å². The van der Waals surface area contributed by atoms with Gasteiger partial charge >= 0.3 is 0 Å². The van der Waals surface area contributed by atoms with Crippen molar-refractivity contribution in [3.8, 4) is 0 Å². The molecule has 0 unspecified atom stereocenters. The van der Waals surface area contributed by atoms with Crippen molar-refractivity contribution in [2.24, 2.45) is 13.0 Å². The summed E-state index contributed by atoms with van der Waals surface area (Å²) in [5, 5.41) is 4.17. The normalized spacial score (nSPS) is 23.8. The lowest BCUT2D eigenvalue weighted by Gasteiger charge is -2.34. The van der Waals surface area contributed by atoms with Crippen LogP contribution in [0.2, 0.25) is 0 Å². The highest BCUT2D eigenvalue weighted by Crippen LogP contribution is 2.48. The molecule has 1 saturated carbocycles. The van der Waals surface area contributed by atoms with Crippen molar-refractivity contribution in [2.75, 3.05) is 26.2 Å². The van der Waals surface area contributed by atoms with Gasteiger partial charge in [0.1, 0.15) is 0 Å². The van der Waals surface area contributed by atoms with E-state index in [0.29, 0.717) is 31.1 Å². The number of sulfonamides is 1. The fraction of sp³-hybridized carbons (Fsp3) is 0.444. The van der Waals surface area contributed by atoms with Crippen molar-refractivity contribution in [3.05, 3.63) is 48.3 Å². The first-order valence-corrected chi connectivity index (χ1v) is 10.2. The Morgan fingerprint density at radius 3 is 2.42 bits per heavy atom. The van der Waals surface area contributed by atoms with Crippen LogP contribution in [-0.2, 0) is 21.9 Å². The Morgan fingerprint density at radius 1 is 1.12 bits per heavy atom. The number of hydrogen-bond donors (Lipinski definition) is 0. The van der Waals surface area contributed by atoms with E-state index < -0.39 is 10.0 Å². The summed E-state index contributed by atoms with van der Waals surface area (Å²) in [7, 11) is -1.61. The molecule has 2 aromatic rings. The fourth-order valence-corrected chi connectivity index (χ4v) is 5.04. The van der Waals surface area contributed by atoms with E-state index in [1.165, 1.54) is 4.31 Å². The van der Waals surface area contributed by atoms with E-state index in [-0.39, 0.29) is 17.7 Å². The zero-order valence-electron chi connectivity index (χ0n) is 14.7. The molecule has 0 radical (unpaired) electrons.